The molecule has 3 aliphatic rings. The fraction of sp³-hybridized carbons (Fsp3) is 0.931. The number of hydrogen-bond donors (Lipinski definition) is 1. The second-order valence-electron chi connectivity index (χ2n) is 11.7. The van der Waals surface area contributed by atoms with Gasteiger partial charge in [0.2, 0.25) is 0 Å². The van der Waals surface area contributed by atoms with E-state index in [2.05, 4.69) is 40.7 Å². The van der Waals surface area contributed by atoms with Gasteiger partial charge in [-0.05, 0) is 86.4 Å². The van der Waals surface area contributed by atoms with Gasteiger partial charge in [-0.3, -0.25) is 0 Å². The van der Waals surface area contributed by atoms with Crippen molar-refractivity contribution in [2.24, 2.45) is 47.3 Å². The maximum absolute atomic E-state index is 11.1. The van der Waals surface area contributed by atoms with Crippen molar-refractivity contribution in [1.82, 2.24) is 0 Å². The van der Waals surface area contributed by atoms with Crippen molar-refractivity contribution >= 4 is 0 Å². The molecule has 0 aromatic rings. The molecular formula is C29H52O. The summed E-state index contributed by atoms with van der Waals surface area (Å²) in [6.07, 6.45) is 20.6. The summed E-state index contributed by atoms with van der Waals surface area (Å²) in [6, 6.07) is 0. The molecule has 0 aromatic heterocycles. The van der Waals surface area contributed by atoms with E-state index in [0.29, 0.717) is 11.8 Å². The van der Waals surface area contributed by atoms with Crippen LogP contribution in [-0.4, -0.2) is 11.2 Å². The Kier molecular flexibility index (Phi) is 9.36. The molecule has 0 aromatic carbocycles. The third kappa shape index (κ3) is 5.54. The lowest BCUT2D eigenvalue weighted by atomic mass is 9.63. The zero-order valence-corrected chi connectivity index (χ0v) is 20.9. The normalized spacial score (nSPS) is 38.2. The lowest BCUT2D eigenvalue weighted by Gasteiger charge is -2.41. The van der Waals surface area contributed by atoms with Crippen LogP contribution in [0.25, 0.3) is 0 Å². The van der Waals surface area contributed by atoms with Gasteiger partial charge >= 0.3 is 0 Å². The van der Waals surface area contributed by atoms with E-state index in [1.165, 1.54) is 83.5 Å². The fourth-order valence-corrected chi connectivity index (χ4v) is 8.02. The van der Waals surface area contributed by atoms with Gasteiger partial charge in [0, 0.05) is 0 Å². The summed E-state index contributed by atoms with van der Waals surface area (Å²) in [5.74, 6) is 6.21. The standard InChI is InChI=1S/C29H52O/c1-6-8-13-22-15-11-16-25(22)26-17-10-12-21(5)28(26)24-18-23(14-9-7-2)27(19-24)29(30)20(3)4/h12,20,22-30H,6-11,13-19H2,1-5H3/t22?,23?,24?,25-,26?,27?,28?,29?/m0/s1. The topological polar surface area (TPSA) is 20.2 Å². The van der Waals surface area contributed by atoms with E-state index < -0.39 is 0 Å². The zero-order chi connectivity index (χ0) is 21.7. The highest BCUT2D eigenvalue weighted by atomic mass is 16.3. The van der Waals surface area contributed by atoms with E-state index in [9.17, 15) is 5.11 Å². The molecule has 2 fully saturated rings. The largest absolute Gasteiger partial charge is 0.393 e. The number of allylic oxidation sites excluding steroid dienone is 2. The van der Waals surface area contributed by atoms with Crippen LogP contribution in [0.3, 0.4) is 0 Å². The minimum atomic E-state index is -0.105. The molecule has 0 amide bonds. The number of rotatable bonds is 10. The molecule has 1 nitrogen and oxygen atoms in total. The van der Waals surface area contributed by atoms with E-state index in [1.54, 1.807) is 5.57 Å². The predicted octanol–water partition coefficient (Wildman–Crippen LogP) is 8.41. The van der Waals surface area contributed by atoms with Crippen molar-refractivity contribution in [3.05, 3.63) is 11.6 Å². The highest BCUT2D eigenvalue weighted by molar-refractivity contribution is 5.14. The Morgan fingerprint density at radius 1 is 0.933 bits per heavy atom. The van der Waals surface area contributed by atoms with Gasteiger partial charge in [0.25, 0.3) is 0 Å². The Morgan fingerprint density at radius 2 is 1.63 bits per heavy atom. The number of aliphatic hydroxyl groups excluding tert-OH is 1. The molecule has 0 heterocycles. The predicted molar refractivity (Wildman–Crippen MR) is 130 cm³/mol. The summed E-state index contributed by atoms with van der Waals surface area (Å²) in [7, 11) is 0. The molecule has 3 rings (SSSR count). The summed E-state index contributed by atoms with van der Waals surface area (Å²) in [5.41, 5.74) is 1.71. The van der Waals surface area contributed by atoms with Gasteiger partial charge in [0.15, 0.2) is 0 Å². The molecule has 0 radical (unpaired) electrons. The average molecular weight is 417 g/mol. The second kappa shape index (κ2) is 11.5. The van der Waals surface area contributed by atoms with Crippen LogP contribution in [0.15, 0.2) is 11.6 Å². The average Bonchev–Trinajstić information content (AvgIpc) is 3.36. The first-order chi connectivity index (χ1) is 14.5. The Morgan fingerprint density at radius 3 is 2.30 bits per heavy atom. The van der Waals surface area contributed by atoms with Gasteiger partial charge < -0.3 is 5.11 Å². The van der Waals surface area contributed by atoms with Gasteiger partial charge in [-0.1, -0.05) is 90.7 Å². The lowest BCUT2D eigenvalue weighted by molar-refractivity contribution is 0.0413. The molecule has 1 heteroatoms. The fourth-order valence-electron chi connectivity index (χ4n) is 8.02. The van der Waals surface area contributed by atoms with E-state index >= 15 is 0 Å². The maximum atomic E-state index is 11.1. The smallest absolute Gasteiger partial charge is 0.0594 e. The molecule has 2 saturated carbocycles. The monoisotopic (exact) mass is 416 g/mol. The summed E-state index contributed by atoms with van der Waals surface area (Å²) in [4.78, 5) is 0. The van der Waals surface area contributed by atoms with Crippen LogP contribution in [0, 0.1) is 47.3 Å². The zero-order valence-electron chi connectivity index (χ0n) is 20.9. The Balaban J connectivity index is 1.78. The quantitative estimate of drug-likeness (QED) is 0.354. The van der Waals surface area contributed by atoms with Crippen molar-refractivity contribution in [3.63, 3.8) is 0 Å². The summed E-state index contributed by atoms with van der Waals surface area (Å²) < 4.78 is 0. The third-order valence-electron chi connectivity index (χ3n) is 9.49. The van der Waals surface area contributed by atoms with Crippen LogP contribution >= 0.6 is 0 Å². The number of aliphatic hydroxyl groups is 1. The van der Waals surface area contributed by atoms with Crippen LogP contribution < -0.4 is 0 Å². The molecule has 1 N–H and O–H groups in total. The maximum Gasteiger partial charge on any atom is 0.0594 e. The van der Waals surface area contributed by atoms with Gasteiger partial charge in [0.05, 0.1) is 6.10 Å². The lowest BCUT2D eigenvalue weighted by Crippen LogP contribution is -2.34. The highest BCUT2D eigenvalue weighted by Crippen LogP contribution is 2.55. The molecule has 0 aliphatic heterocycles. The first-order valence-corrected chi connectivity index (χ1v) is 13.8. The summed E-state index contributed by atoms with van der Waals surface area (Å²) >= 11 is 0. The molecule has 174 valence electrons. The SMILES string of the molecule is CCCCC1CC(C2C(C)=CCCC2[C@H]2CCCC2CCCC)CC1C(O)C(C)C. The van der Waals surface area contributed by atoms with E-state index in [1.807, 2.05) is 0 Å². The summed E-state index contributed by atoms with van der Waals surface area (Å²) in [6.45, 7) is 11.6. The van der Waals surface area contributed by atoms with Crippen molar-refractivity contribution in [2.45, 2.75) is 124 Å². The minimum Gasteiger partial charge on any atom is -0.393 e. The van der Waals surface area contributed by atoms with Gasteiger partial charge in [-0.2, -0.15) is 0 Å². The molecule has 0 bridgehead atoms. The third-order valence-corrected chi connectivity index (χ3v) is 9.49. The Hall–Kier alpha value is -0.300. The number of hydrogen-bond acceptors (Lipinski definition) is 1. The Labute approximate surface area is 188 Å². The van der Waals surface area contributed by atoms with Crippen molar-refractivity contribution < 1.29 is 5.11 Å². The van der Waals surface area contributed by atoms with Gasteiger partial charge in [0.1, 0.15) is 0 Å². The molecule has 0 saturated heterocycles. The first-order valence-electron chi connectivity index (χ1n) is 13.8. The van der Waals surface area contributed by atoms with Crippen molar-refractivity contribution in [3.8, 4) is 0 Å². The van der Waals surface area contributed by atoms with Crippen LogP contribution in [0.5, 0.6) is 0 Å². The highest BCUT2D eigenvalue weighted by Gasteiger charge is 2.47. The van der Waals surface area contributed by atoms with Crippen LogP contribution in [-0.2, 0) is 0 Å². The van der Waals surface area contributed by atoms with Crippen LogP contribution in [0.2, 0.25) is 0 Å². The van der Waals surface area contributed by atoms with Gasteiger partial charge in [-0.25, -0.2) is 0 Å². The van der Waals surface area contributed by atoms with Gasteiger partial charge in [-0.15, -0.1) is 0 Å². The molecule has 8 atom stereocenters. The second-order valence-corrected chi connectivity index (χ2v) is 11.7. The van der Waals surface area contributed by atoms with E-state index in [0.717, 1.165) is 35.5 Å². The first kappa shape index (κ1) is 24.3. The van der Waals surface area contributed by atoms with Crippen molar-refractivity contribution in [2.75, 3.05) is 0 Å². The molecular weight excluding hydrogens is 364 g/mol. The summed E-state index contributed by atoms with van der Waals surface area (Å²) in [5, 5.41) is 11.1. The molecule has 3 aliphatic carbocycles. The number of unbranched alkanes of at least 4 members (excludes halogenated alkanes) is 2. The van der Waals surface area contributed by atoms with E-state index in [4.69, 9.17) is 0 Å². The molecule has 7 unspecified atom stereocenters. The molecule has 0 spiro atoms. The molecule has 30 heavy (non-hydrogen) atoms. The van der Waals surface area contributed by atoms with Crippen LogP contribution in [0.4, 0.5) is 0 Å². The van der Waals surface area contributed by atoms with Crippen molar-refractivity contribution in [1.29, 1.82) is 0 Å². The van der Waals surface area contributed by atoms with E-state index in [-0.39, 0.29) is 6.10 Å². The van der Waals surface area contributed by atoms with Crippen LogP contribution in [0.1, 0.15) is 118 Å². The Bertz CT molecular complexity index is 534. The minimum absolute atomic E-state index is 0.105.